The highest BCUT2D eigenvalue weighted by atomic mass is 19.4. The lowest BCUT2D eigenvalue weighted by Gasteiger charge is -2.43. The standard InChI is InChI=1S/C14H27F3N2/c1-4-9-18-12(7-8-14(15,16)17)13(2,3)19-10-5-6-11-19/h12,18H,4-11H2,1-3H3. The number of alkyl halides is 3. The van der Waals surface area contributed by atoms with Crippen molar-refractivity contribution in [2.24, 2.45) is 0 Å². The van der Waals surface area contributed by atoms with Gasteiger partial charge in [0.2, 0.25) is 0 Å². The minimum absolute atomic E-state index is 0.104. The third kappa shape index (κ3) is 5.30. The largest absolute Gasteiger partial charge is 0.389 e. The Morgan fingerprint density at radius 1 is 1.16 bits per heavy atom. The third-order valence-electron chi connectivity index (χ3n) is 4.13. The summed E-state index contributed by atoms with van der Waals surface area (Å²) >= 11 is 0. The normalized spacial score (nSPS) is 19.9. The van der Waals surface area contributed by atoms with Crippen molar-refractivity contribution in [1.29, 1.82) is 0 Å². The second-order valence-electron chi connectivity index (χ2n) is 6.01. The summed E-state index contributed by atoms with van der Waals surface area (Å²) in [7, 11) is 0. The molecule has 0 aliphatic carbocycles. The van der Waals surface area contributed by atoms with E-state index in [1.54, 1.807) is 0 Å². The summed E-state index contributed by atoms with van der Waals surface area (Å²) in [6.45, 7) is 8.97. The molecule has 0 spiro atoms. The van der Waals surface area contributed by atoms with Gasteiger partial charge in [-0.3, -0.25) is 4.90 Å². The summed E-state index contributed by atoms with van der Waals surface area (Å²) in [6, 6.07) is -0.104. The molecule has 1 atom stereocenters. The third-order valence-corrected chi connectivity index (χ3v) is 4.13. The van der Waals surface area contributed by atoms with Gasteiger partial charge in [-0.1, -0.05) is 6.92 Å². The summed E-state index contributed by atoms with van der Waals surface area (Å²) in [5.41, 5.74) is -0.211. The van der Waals surface area contributed by atoms with Crippen molar-refractivity contribution in [2.45, 2.75) is 70.6 Å². The molecule has 1 N–H and O–H groups in total. The molecule has 0 aromatic heterocycles. The lowest BCUT2D eigenvalue weighted by molar-refractivity contribution is -0.138. The first-order valence-corrected chi connectivity index (χ1v) is 7.32. The highest BCUT2D eigenvalue weighted by Gasteiger charge is 2.38. The van der Waals surface area contributed by atoms with Gasteiger partial charge in [-0.05, 0) is 59.2 Å². The molecule has 1 rings (SSSR count). The first kappa shape index (κ1) is 16.8. The maximum absolute atomic E-state index is 12.5. The van der Waals surface area contributed by atoms with E-state index in [0.717, 1.165) is 38.9 Å². The van der Waals surface area contributed by atoms with E-state index in [4.69, 9.17) is 0 Å². The summed E-state index contributed by atoms with van der Waals surface area (Å²) in [5, 5.41) is 3.32. The van der Waals surface area contributed by atoms with Crippen LogP contribution in [-0.4, -0.2) is 42.3 Å². The van der Waals surface area contributed by atoms with Crippen molar-refractivity contribution in [3.8, 4) is 0 Å². The van der Waals surface area contributed by atoms with E-state index in [-0.39, 0.29) is 18.0 Å². The molecule has 5 heteroatoms. The fourth-order valence-electron chi connectivity index (χ4n) is 2.85. The molecule has 114 valence electrons. The molecule has 0 aromatic carbocycles. The molecule has 0 radical (unpaired) electrons. The van der Waals surface area contributed by atoms with E-state index in [1.165, 1.54) is 0 Å². The quantitative estimate of drug-likeness (QED) is 0.767. The average molecular weight is 280 g/mol. The summed E-state index contributed by atoms with van der Waals surface area (Å²) in [5.74, 6) is 0. The van der Waals surface area contributed by atoms with E-state index in [2.05, 4.69) is 24.1 Å². The number of nitrogens with one attached hydrogen (secondary N) is 1. The highest BCUT2D eigenvalue weighted by Crippen LogP contribution is 2.30. The molecule has 0 saturated carbocycles. The van der Waals surface area contributed by atoms with Gasteiger partial charge in [-0.2, -0.15) is 13.2 Å². The van der Waals surface area contributed by atoms with Crippen LogP contribution in [0.15, 0.2) is 0 Å². The van der Waals surface area contributed by atoms with Crippen LogP contribution in [0.3, 0.4) is 0 Å². The average Bonchev–Trinajstić information content (AvgIpc) is 2.81. The van der Waals surface area contributed by atoms with Crippen molar-refractivity contribution in [3.05, 3.63) is 0 Å². The van der Waals surface area contributed by atoms with E-state index < -0.39 is 12.6 Å². The Bertz CT molecular complexity index is 258. The van der Waals surface area contributed by atoms with Gasteiger partial charge in [0.25, 0.3) is 0 Å². The molecule has 1 heterocycles. The number of halogens is 3. The molecule has 0 bridgehead atoms. The summed E-state index contributed by atoms with van der Waals surface area (Å²) in [4.78, 5) is 2.33. The molecule has 19 heavy (non-hydrogen) atoms. The molecular formula is C14H27F3N2. The lowest BCUT2D eigenvalue weighted by atomic mass is 9.88. The highest BCUT2D eigenvalue weighted by molar-refractivity contribution is 4.95. The van der Waals surface area contributed by atoms with E-state index in [0.29, 0.717) is 0 Å². The van der Waals surface area contributed by atoms with Gasteiger partial charge in [0.05, 0.1) is 0 Å². The Hall–Kier alpha value is -0.290. The Labute approximate surface area is 114 Å². The molecule has 1 fully saturated rings. The number of nitrogens with zero attached hydrogens (tertiary/aromatic N) is 1. The number of likely N-dealkylation sites (tertiary alicyclic amines) is 1. The second kappa shape index (κ2) is 6.93. The summed E-state index contributed by atoms with van der Waals surface area (Å²) < 4.78 is 37.4. The minimum Gasteiger partial charge on any atom is -0.312 e. The second-order valence-corrected chi connectivity index (χ2v) is 6.01. The zero-order chi connectivity index (χ0) is 14.5. The van der Waals surface area contributed by atoms with Crippen molar-refractivity contribution in [3.63, 3.8) is 0 Å². The predicted octanol–water partition coefficient (Wildman–Crippen LogP) is 3.57. The van der Waals surface area contributed by atoms with E-state index in [9.17, 15) is 13.2 Å². The van der Waals surface area contributed by atoms with Crippen molar-refractivity contribution >= 4 is 0 Å². The molecule has 1 unspecified atom stereocenters. The van der Waals surface area contributed by atoms with Gasteiger partial charge < -0.3 is 5.32 Å². The number of hydrogen-bond donors (Lipinski definition) is 1. The molecule has 1 saturated heterocycles. The molecule has 0 aromatic rings. The minimum atomic E-state index is -4.06. The molecule has 1 aliphatic heterocycles. The first-order chi connectivity index (χ1) is 8.77. The van der Waals surface area contributed by atoms with E-state index >= 15 is 0 Å². The molecular weight excluding hydrogens is 253 g/mol. The van der Waals surface area contributed by atoms with Crippen molar-refractivity contribution in [2.75, 3.05) is 19.6 Å². The van der Waals surface area contributed by atoms with Gasteiger partial charge >= 0.3 is 6.18 Å². The number of rotatable bonds is 7. The lowest BCUT2D eigenvalue weighted by Crippen LogP contribution is -2.57. The maximum Gasteiger partial charge on any atom is 0.389 e. The fourth-order valence-corrected chi connectivity index (χ4v) is 2.85. The van der Waals surface area contributed by atoms with Crippen LogP contribution < -0.4 is 5.32 Å². The smallest absolute Gasteiger partial charge is 0.312 e. The Balaban J connectivity index is 2.64. The van der Waals surface area contributed by atoms with Gasteiger partial charge in [0.1, 0.15) is 0 Å². The monoisotopic (exact) mass is 280 g/mol. The Morgan fingerprint density at radius 3 is 2.21 bits per heavy atom. The Kier molecular flexibility index (Phi) is 6.12. The van der Waals surface area contributed by atoms with E-state index in [1.807, 2.05) is 6.92 Å². The SMILES string of the molecule is CCCNC(CCC(F)(F)F)C(C)(C)N1CCCC1. The van der Waals surface area contributed by atoms with Crippen LogP contribution in [0.2, 0.25) is 0 Å². The topological polar surface area (TPSA) is 15.3 Å². The molecule has 0 amide bonds. The zero-order valence-electron chi connectivity index (χ0n) is 12.3. The van der Waals surface area contributed by atoms with Gasteiger partial charge in [-0.15, -0.1) is 0 Å². The number of hydrogen-bond acceptors (Lipinski definition) is 2. The first-order valence-electron chi connectivity index (χ1n) is 7.32. The maximum atomic E-state index is 12.5. The van der Waals surface area contributed by atoms with Crippen LogP contribution in [0.4, 0.5) is 13.2 Å². The van der Waals surface area contributed by atoms with Gasteiger partial charge in [-0.25, -0.2) is 0 Å². The van der Waals surface area contributed by atoms with Crippen molar-refractivity contribution in [1.82, 2.24) is 10.2 Å². The predicted molar refractivity (Wildman–Crippen MR) is 72.3 cm³/mol. The van der Waals surface area contributed by atoms with Crippen LogP contribution in [-0.2, 0) is 0 Å². The van der Waals surface area contributed by atoms with Gasteiger partial charge in [0, 0.05) is 18.0 Å². The van der Waals surface area contributed by atoms with Crippen LogP contribution in [0, 0.1) is 0 Å². The fraction of sp³-hybridized carbons (Fsp3) is 1.00. The summed E-state index contributed by atoms with van der Waals surface area (Å²) in [6.07, 6.45) is -1.35. The van der Waals surface area contributed by atoms with Crippen molar-refractivity contribution < 1.29 is 13.2 Å². The molecule has 1 aliphatic rings. The molecule has 2 nitrogen and oxygen atoms in total. The Morgan fingerprint density at radius 2 is 1.74 bits per heavy atom. The van der Waals surface area contributed by atoms with Crippen LogP contribution in [0.5, 0.6) is 0 Å². The van der Waals surface area contributed by atoms with Crippen LogP contribution >= 0.6 is 0 Å². The van der Waals surface area contributed by atoms with Gasteiger partial charge in [0.15, 0.2) is 0 Å². The van der Waals surface area contributed by atoms with Crippen LogP contribution in [0.25, 0.3) is 0 Å². The van der Waals surface area contributed by atoms with Crippen LogP contribution in [0.1, 0.15) is 52.9 Å². The zero-order valence-corrected chi connectivity index (χ0v) is 12.3.